The van der Waals surface area contributed by atoms with Crippen molar-refractivity contribution in [2.45, 2.75) is 26.7 Å². The van der Waals surface area contributed by atoms with Crippen molar-refractivity contribution in [3.8, 4) is 11.5 Å². The van der Waals surface area contributed by atoms with E-state index >= 15 is 0 Å². The van der Waals surface area contributed by atoms with E-state index in [4.69, 9.17) is 0 Å². The molecule has 0 saturated heterocycles. The lowest BCUT2D eigenvalue weighted by atomic mass is 10.1. The highest BCUT2D eigenvalue weighted by atomic mass is 32.1. The average Bonchev–Trinajstić information content (AvgIpc) is 2.75. The van der Waals surface area contributed by atoms with Crippen LogP contribution in [0.3, 0.4) is 0 Å². The Kier molecular flexibility index (Phi) is 3.38. The second kappa shape index (κ2) is 4.79. The third-order valence-corrected chi connectivity index (χ3v) is 3.22. The van der Waals surface area contributed by atoms with Gasteiger partial charge in [0.15, 0.2) is 5.82 Å². The Balaban J connectivity index is 2.49. The van der Waals surface area contributed by atoms with E-state index in [1.54, 1.807) is 11.3 Å². The van der Waals surface area contributed by atoms with Crippen molar-refractivity contribution in [3.05, 3.63) is 22.1 Å². The maximum atomic E-state index is 4.56. The second-order valence-corrected chi connectivity index (χ2v) is 5.22. The Bertz CT molecular complexity index is 519. The highest BCUT2D eigenvalue weighted by Gasteiger charge is 2.10. The molecule has 2 aromatic heterocycles. The van der Waals surface area contributed by atoms with Crippen molar-refractivity contribution in [1.82, 2.24) is 15.0 Å². The van der Waals surface area contributed by atoms with E-state index in [0.29, 0.717) is 11.7 Å². The van der Waals surface area contributed by atoms with Crippen molar-refractivity contribution >= 4 is 17.2 Å². The molecule has 0 aromatic carbocycles. The molecule has 0 fully saturated rings. The van der Waals surface area contributed by atoms with Gasteiger partial charge in [0.05, 0.1) is 5.01 Å². The first-order chi connectivity index (χ1) is 8.10. The largest absolute Gasteiger partial charge is 0.373 e. The van der Waals surface area contributed by atoms with Gasteiger partial charge in [-0.15, -0.1) is 11.3 Å². The number of hydrogen-bond acceptors (Lipinski definition) is 5. The van der Waals surface area contributed by atoms with Crippen LogP contribution in [0.2, 0.25) is 0 Å². The molecule has 2 rings (SSSR count). The molecule has 0 amide bonds. The summed E-state index contributed by atoms with van der Waals surface area (Å²) in [7, 11) is 1.86. The smallest absolute Gasteiger partial charge is 0.181 e. The SMILES string of the molecule is CNc1cc(C(C)C)nc(-c2csc(C)n2)n1. The van der Waals surface area contributed by atoms with Gasteiger partial charge in [-0.25, -0.2) is 15.0 Å². The van der Waals surface area contributed by atoms with E-state index in [1.165, 1.54) is 0 Å². The lowest BCUT2D eigenvalue weighted by Crippen LogP contribution is -2.02. The molecule has 1 N–H and O–H groups in total. The number of aryl methyl sites for hydroxylation is 1. The van der Waals surface area contributed by atoms with E-state index in [0.717, 1.165) is 22.2 Å². The maximum absolute atomic E-state index is 4.56. The van der Waals surface area contributed by atoms with Gasteiger partial charge in [0, 0.05) is 24.2 Å². The molecular weight excluding hydrogens is 232 g/mol. The number of nitrogens with one attached hydrogen (secondary N) is 1. The molecule has 2 aromatic rings. The predicted molar refractivity (Wildman–Crippen MR) is 71.5 cm³/mol. The van der Waals surface area contributed by atoms with Crippen LogP contribution in [-0.2, 0) is 0 Å². The Labute approximate surface area is 105 Å². The molecule has 0 spiro atoms. The van der Waals surface area contributed by atoms with E-state index in [1.807, 2.05) is 25.4 Å². The fourth-order valence-electron chi connectivity index (χ4n) is 1.47. The highest BCUT2D eigenvalue weighted by molar-refractivity contribution is 7.09. The van der Waals surface area contributed by atoms with E-state index < -0.39 is 0 Å². The molecule has 0 saturated carbocycles. The molecule has 4 nitrogen and oxygen atoms in total. The third kappa shape index (κ3) is 2.61. The van der Waals surface area contributed by atoms with Crippen molar-refractivity contribution in [3.63, 3.8) is 0 Å². The molecular formula is C12H16N4S. The Morgan fingerprint density at radius 2 is 2.00 bits per heavy atom. The summed E-state index contributed by atoms with van der Waals surface area (Å²) in [5.74, 6) is 1.91. The second-order valence-electron chi connectivity index (χ2n) is 4.16. The first kappa shape index (κ1) is 12.0. The number of thiazole rings is 1. The lowest BCUT2D eigenvalue weighted by Gasteiger charge is -2.08. The van der Waals surface area contributed by atoms with E-state index in [-0.39, 0.29) is 0 Å². The zero-order valence-corrected chi connectivity index (χ0v) is 11.3. The van der Waals surface area contributed by atoms with Gasteiger partial charge in [-0.2, -0.15) is 0 Å². The monoisotopic (exact) mass is 248 g/mol. The van der Waals surface area contributed by atoms with Gasteiger partial charge in [0.1, 0.15) is 11.5 Å². The number of nitrogens with zero attached hydrogens (tertiary/aromatic N) is 3. The first-order valence-electron chi connectivity index (χ1n) is 5.59. The minimum Gasteiger partial charge on any atom is -0.373 e. The van der Waals surface area contributed by atoms with Crippen LogP contribution in [-0.4, -0.2) is 22.0 Å². The van der Waals surface area contributed by atoms with Crippen LogP contribution < -0.4 is 5.32 Å². The normalized spacial score (nSPS) is 10.9. The van der Waals surface area contributed by atoms with Crippen LogP contribution >= 0.6 is 11.3 Å². The standard InChI is InChI=1S/C12H16N4S/c1-7(2)9-5-11(13-4)16-12(15-9)10-6-17-8(3)14-10/h5-7H,1-4H3,(H,13,15,16). The lowest BCUT2D eigenvalue weighted by molar-refractivity contribution is 0.817. The Hall–Kier alpha value is -1.49. The third-order valence-electron chi connectivity index (χ3n) is 2.44. The number of hydrogen-bond donors (Lipinski definition) is 1. The summed E-state index contributed by atoms with van der Waals surface area (Å²) in [6, 6.07) is 1.98. The summed E-state index contributed by atoms with van der Waals surface area (Å²) < 4.78 is 0. The highest BCUT2D eigenvalue weighted by Crippen LogP contribution is 2.22. The number of rotatable bonds is 3. The van der Waals surface area contributed by atoms with Gasteiger partial charge in [-0.05, 0) is 12.8 Å². The fourth-order valence-corrected chi connectivity index (χ4v) is 2.06. The van der Waals surface area contributed by atoms with Gasteiger partial charge in [-0.3, -0.25) is 0 Å². The fraction of sp³-hybridized carbons (Fsp3) is 0.417. The molecule has 0 unspecified atom stereocenters. The number of aromatic nitrogens is 3. The summed E-state index contributed by atoms with van der Waals surface area (Å²) in [6.07, 6.45) is 0. The number of anilines is 1. The van der Waals surface area contributed by atoms with Gasteiger partial charge in [0.2, 0.25) is 0 Å². The molecule has 0 aliphatic rings. The van der Waals surface area contributed by atoms with Crippen LogP contribution in [0.15, 0.2) is 11.4 Å². The van der Waals surface area contributed by atoms with E-state index in [9.17, 15) is 0 Å². The Morgan fingerprint density at radius 3 is 2.53 bits per heavy atom. The quantitative estimate of drug-likeness (QED) is 0.907. The van der Waals surface area contributed by atoms with Gasteiger partial charge < -0.3 is 5.32 Å². The molecule has 0 aliphatic carbocycles. The summed E-state index contributed by atoms with van der Waals surface area (Å²) in [5.41, 5.74) is 1.89. The zero-order chi connectivity index (χ0) is 12.4. The van der Waals surface area contributed by atoms with Crippen molar-refractivity contribution in [2.24, 2.45) is 0 Å². The van der Waals surface area contributed by atoms with Crippen LogP contribution in [0.5, 0.6) is 0 Å². The molecule has 17 heavy (non-hydrogen) atoms. The maximum Gasteiger partial charge on any atom is 0.181 e. The molecule has 0 atom stereocenters. The van der Waals surface area contributed by atoms with Crippen LogP contribution in [0.1, 0.15) is 30.5 Å². The van der Waals surface area contributed by atoms with Crippen LogP contribution in [0.4, 0.5) is 5.82 Å². The molecule has 0 radical (unpaired) electrons. The predicted octanol–water partition coefficient (Wildman–Crippen LogP) is 3.07. The van der Waals surface area contributed by atoms with E-state index in [2.05, 4.69) is 34.1 Å². The summed E-state index contributed by atoms with van der Waals surface area (Å²) >= 11 is 1.62. The molecule has 0 bridgehead atoms. The minimum absolute atomic E-state index is 0.378. The molecule has 5 heteroatoms. The summed E-state index contributed by atoms with van der Waals surface area (Å²) in [6.45, 7) is 6.23. The first-order valence-corrected chi connectivity index (χ1v) is 6.47. The van der Waals surface area contributed by atoms with Crippen LogP contribution in [0, 0.1) is 6.92 Å². The topological polar surface area (TPSA) is 50.7 Å². The minimum atomic E-state index is 0.378. The van der Waals surface area contributed by atoms with Crippen molar-refractivity contribution in [2.75, 3.05) is 12.4 Å². The average molecular weight is 248 g/mol. The van der Waals surface area contributed by atoms with Crippen molar-refractivity contribution < 1.29 is 0 Å². The van der Waals surface area contributed by atoms with Gasteiger partial charge in [0.25, 0.3) is 0 Å². The van der Waals surface area contributed by atoms with Gasteiger partial charge in [-0.1, -0.05) is 13.8 Å². The molecule has 90 valence electrons. The van der Waals surface area contributed by atoms with Crippen molar-refractivity contribution in [1.29, 1.82) is 0 Å². The van der Waals surface area contributed by atoms with Gasteiger partial charge >= 0.3 is 0 Å². The molecule has 0 aliphatic heterocycles. The molecule has 2 heterocycles. The summed E-state index contributed by atoms with van der Waals surface area (Å²) in [4.78, 5) is 13.4. The summed E-state index contributed by atoms with van der Waals surface area (Å²) in [5, 5.41) is 6.09. The zero-order valence-electron chi connectivity index (χ0n) is 10.5. The Morgan fingerprint density at radius 1 is 1.24 bits per heavy atom. The van der Waals surface area contributed by atoms with Crippen LogP contribution in [0.25, 0.3) is 11.5 Å².